The summed E-state index contributed by atoms with van der Waals surface area (Å²) in [6.45, 7) is 0.240. The number of carbonyl (C=O) groups is 1. The predicted octanol–water partition coefficient (Wildman–Crippen LogP) is 1.59. The standard InChI is InChI=1S/C14H12N4O2/c19-11-6-3-7-15-13(11)14(20)16-8-12-17-9-4-1-2-5-10(9)18-12/h1-7,19H,8H2,(H,16,20)(H,17,18). The third kappa shape index (κ3) is 2.31. The fourth-order valence-electron chi connectivity index (χ4n) is 1.91. The Bertz CT molecular complexity index is 733. The molecule has 0 radical (unpaired) electrons. The fourth-order valence-corrected chi connectivity index (χ4v) is 1.91. The zero-order valence-electron chi connectivity index (χ0n) is 10.5. The van der Waals surface area contributed by atoms with Crippen LogP contribution in [0.15, 0.2) is 42.6 Å². The van der Waals surface area contributed by atoms with Gasteiger partial charge in [-0.1, -0.05) is 12.1 Å². The molecule has 0 aliphatic heterocycles. The van der Waals surface area contributed by atoms with Gasteiger partial charge in [-0.25, -0.2) is 9.97 Å². The van der Waals surface area contributed by atoms with Crippen LogP contribution >= 0.6 is 0 Å². The number of imidazole rings is 1. The summed E-state index contributed by atoms with van der Waals surface area (Å²) in [4.78, 5) is 23.2. The van der Waals surface area contributed by atoms with Gasteiger partial charge in [0.15, 0.2) is 5.69 Å². The molecule has 3 aromatic rings. The van der Waals surface area contributed by atoms with Gasteiger partial charge in [0.1, 0.15) is 11.6 Å². The lowest BCUT2D eigenvalue weighted by molar-refractivity contribution is 0.0942. The Kier molecular flexibility index (Phi) is 3.04. The lowest BCUT2D eigenvalue weighted by atomic mass is 10.3. The molecule has 0 atom stereocenters. The van der Waals surface area contributed by atoms with E-state index in [1.807, 2.05) is 24.3 Å². The average molecular weight is 268 g/mol. The molecule has 3 N–H and O–H groups in total. The summed E-state index contributed by atoms with van der Waals surface area (Å²) in [5.41, 5.74) is 1.76. The topological polar surface area (TPSA) is 90.9 Å². The molecule has 0 aliphatic rings. The Balaban J connectivity index is 1.73. The number of rotatable bonds is 3. The van der Waals surface area contributed by atoms with Crippen molar-refractivity contribution in [1.82, 2.24) is 20.3 Å². The van der Waals surface area contributed by atoms with E-state index in [2.05, 4.69) is 20.3 Å². The maximum Gasteiger partial charge on any atom is 0.274 e. The van der Waals surface area contributed by atoms with E-state index in [4.69, 9.17) is 0 Å². The first-order chi connectivity index (χ1) is 9.74. The highest BCUT2D eigenvalue weighted by Crippen LogP contribution is 2.13. The lowest BCUT2D eigenvalue weighted by Crippen LogP contribution is -2.24. The Morgan fingerprint density at radius 1 is 1.25 bits per heavy atom. The molecule has 6 nitrogen and oxygen atoms in total. The highest BCUT2D eigenvalue weighted by atomic mass is 16.3. The summed E-state index contributed by atoms with van der Waals surface area (Å²) in [5.74, 6) is 0.0631. The molecule has 20 heavy (non-hydrogen) atoms. The van der Waals surface area contributed by atoms with E-state index in [1.165, 1.54) is 12.3 Å². The first-order valence-electron chi connectivity index (χ1n) is 6.10. The molecule has 1 amide bonds. The number of hydrogen-bond donors (Lipinski definition) is 3. The van der Waals surface area contributed by atoms with Crippen molar-refractivity contribution in [3.8, 4) is 5.75 Å². The van der Waals surface area contributed by atoms with Gasteiger partial charge < -0.3 is 15.4 Å². The van der Waals surface area contributed by atoms with Crippen LogP contribution in [0.25, 0.3) is 11.0 Å². The fraction of sp³-hybridized carbons (Fsp3) is 0.0714. The Morgan fingerprint density at radius 2 is 2.10 bits per heavy atom. The van der Waals surface area contributed by atoms with Crippen LogP contribution in [0.2, 0.25) is 0 Å². The van der Waals surface area contributed by atoms with E-state index >= 15 is 0 Å². The van der Waals surface area contributed by atoms with Crippen LogP contribution in [-0.2, 0) is 6.54 Å². The van der Waals surface area contributed by atoms with Gasteiger partial charge in [-0.05, 0) is 24.3 Å². The van der Waals surface area contributed by atoms with Gasteiger partial charge in [-0.15, -0.1) is 0 Å². The van der Waals surface area contributed by atoms with Gasteiger partial charge in [0.25, 0.3) is 5.91 Å². The van der Waals surface area contributed by atoms with E-state index in [1.54, 1.807) is 6.07 Å². The SMILES string of the molecule is O=C(NCc1nc2ccccc2[nH]1)c1ncccc1O. The zero-order valence-corrected chi connectivity index (χ0v) is 10.5. The average Bonchev–Trinajstić information content (AvgIpc) is 2.88. The van der Waals surface area contributed by atoms with Crippen LogP contribution in [0.4, 0.5) is 0 Å². The van der Waals surface area contributed by atoms with Crippen molar-refractivity contribution in [2.24, 2.45) is 0 Å². The number of nitrogens with zero attached hydrogens (tertiary/aromatic N) is 2. The summed E-state index contributed by atoms with van der Waals surface area (Å²) in [6, 6.07) is 10.6. The number of aromatic nitrogens is 3. The van der Waals surface area contributed by atoms with Crippen molar-refractivity contribution in [2.75, 3.05) is 0 Å². The van der Waals surface area contributed by atoms with Crippen molar-refractivity contribution in [3.63, 3.8) is 0 Å². The summed E-state index contributed by atoms with van der Waals surface area (Å²) >= 11 is 0. The van der Waals surface area contributed by atoms with E-state index in [0.29, 0.717) is 5.82 Å². The predicted molar refractivity (Wildman–Crippen MR) is 73.2 cm³/mol. The van der Waals surface area contributed by atoms with Gasteiger partial charge in [0, 0.05) is 6.20 Å². The van der Waals surface area contributed by atoms with E-state index in [0.717, 1.165) is 11.0 Å². The van der Waals surface area contributed by atoms with Crippen LogP contribution in [-0.4, -0.2) is 26.0 Å². The Labute approximate surface area is 114 Å². The van der Waals surface area contributed by atoms with Crippen molar-refractivity contribution >= 4 is 16.9 Å². The summed E-state index contributed by atoms with van der Waals surface area (Å²) in [5, 5.41) is 12.2. The first-order valence-corrected chi connectivity index (χ1v) is 6.10. The number of hydrogen-bond acceptors (Lipinski definition) is 4. The summed E-state index contributed by atoms with van der Waals surface area (Å²) in [7, 11) is 0. The third-order valence-electron chi connectivity index (χ3n) is 2.86. The number of amides is 1. The van der Waals surface area contributed by atoms with Crippen LogP contribution in [0.3, 0.4) is 0 Å². The van der Waals surface area contributed by atoms with Crippen molar-refractivity contribution < 1.29 is 9.90 Å². The maximum atomic E-state index is 11.9. The molecule has 0 aliphatic carbocycles. The van der Waals surface area contributed by atoms with E-state index in [9.17, 15) is 9.90 Å². The molecule has 6 heteroatoms. The summed E-state index contributed by atoms with van der Waals surface area (Å²) < 4.78 is 0. The van der Waals surface area contributed by atoms with Crippen molar-refractivity contribution in [2.45, 2.75) is 6.54 Å². The van der Waals surface area contributed by atoms with Crippen LogP contribution < -0.4 is 5.32 Å². The molecule has 2 aromatic heterocycles. The Hall–Kier alpha value is -2.89. The highest BCUT2D eigenvalue weighted by molar-refractivity contribution is 5.94. The molecular weight excluding hydrogens is 256 g/mol. The van der Waals surface area contributed by atoms with Crippen LogP contribution in [0.5, 0.6) is 5.75 Å². The minimum absolute atomic E-state index is 0.00334. The minimum Gasteiger partial charge on any atom is -0.505 e. The number of benzene rings is 1. The lowest BCUT2D eigenvalue weighted by Gasteiger charge is -2.03. The van der Waals surface area contributed by atoms with E-state index in [-0.39, 0.29) is 18.0 Å². The normalized spacial score (nSPS) is 10.6. The van der Waals surface area contributed by atoms with Gasteiger partial charge in [-0.2, -0.15) is 0 Å². The highest BCUT2D eigenvalue weighted by Gasteiger charge is 2.12. The third-order valence-corrected chi connectivity index (χ3v) is 2.86. The van der Waals surface area contributed by atoms with Gasteiger partial charge >= 0.3 is 0 Å². The van der Waals surface area contributed by atoms with Crippen molar-refractivity contribution in [1.29, 1.82) is 0 Å². The van der Waals surface area contributed by atoms with Gasteiger partial charge in [0.2, 0.25) is 0 Å². The number of H-pyrrole nitrogens is 1. The zero-order chi connectivity index (χ0) is 13.9. The maximum absolute atomic E-state index is 11.9. The number of nitrogens with one attached hydrogen (secondary N) is 2. The molecule has 0 saturated carbocycles. The second kappa shape index (κ2) is 5.00. The molecule has 100 valence electrons. The summed E-state index contributed by atoms with van der Waals surface area (Å²) in [6.07, 6.45) is 1.45. The number of aromatic hydroxyl groups is 1. The van der Waals surface area contributed by atoms with Crippen LogP contribution in [0.1, 0.15) is 16.3 Å². The largest absolute Gasteiger partial charge is 0.505 e. The second-order valence-electron chi connectivity index (χ2n) is 4.25. The number of aromatic amines is 1. The monoisotopic (exact) mass is 268 g/mol. The molecule has 0 spiro atoms. The second-order valence-corrected chi connectivity index (χ2v) is 4.25. The van der Waals surface area contributed by atoms with Crippen molar-refractivity contribution in [3.05, 3.63) is 54.1 Å². The molecule has 2 heterocycles. The number of fused-ring (bicyclic) bond motifs is 1. The number of para-hydroxylation sites is 2. The smallest absolute Gasteiger partial charge is 0.274 e. The molecular formula is C14H12N4O2. The molecule has 1 aromatic carbocycles. The first kappa shape index (κ1) is 12.2. The molecule has 0 bridgehead atoms. The molecule has 0 saturated heterocycles. The van der Waals surface area contributed by atoms with Gasteiger partial charge in [0.05, 0.1) is 17.6 Å². The van der Waals surface area contributed by atoms with Crippen LogP contribution in [0, 0.1) is 0 Å². The Morgan fingerprint density at radius 3 is 2.90 bits per heavy atom. The van der Waals surface area contributed by atoms with Gasteiger partial charge in [-0.3, -0.25) is 4.79 Å². The molecule has 0 fully saturated rings. The molecule has 3 rings (SSSR count). The molecule has 0 unspecified atom stereocenters. The quantitative estimate of drug-likeness (QED) is 0.672. The number of pyridine rings is 1. The van der Waals surface area contributed by atoms with E-state index < -0.39 is 5.91 Å². The minimum atomic E-state index is -0.441. The number of carbonyl (C=O) groups excluding carboxylic acids is 1.